The molecule has 0 aliphatic rings. The van der Waals surface area contributed by atoms with E-state index in [1.54, 1.807) is 0 Å². The van der Waals surface area contributed by atoms with Gasteiger partial charge in [0.25, 0.3) is 5.56 Å². The average Bonchev–Trinajstić information content (AvgIpc) is 3.01. The van der Waals surface area contributed by atoms with Crippen molar-refractivity contribution in [1.29, 1.82) is 0 Å². The molecule has 0 N–H and O–H groups in total. The van der Waals surface area contributed by atoms with Crippen LogP contribution in [0.15, 0.2) is 17.2 Å². The van der Waals surface area contributed by atoms with Gasteiger partial charge in [-0.2, -0.15) is 0 Å². The standard InChI is InChI=1S/C23H26N2O4S/c1-12-9-18(15(4)14(3)13(12)2)19(26)10-29-20(27)7-8-25-11-24-22-21(23(25)28)16(5)17(6)30-22/h9,11H,7-8,10H2,1-6H3. The van der Waals surface area contributed by atoms with E-state index in [1.807, 2.05) is 47.6 Å². The van der Waals surface area contributed by atoms with E-state index in [0.717, 1.165) is 32.7 Å². The van der Waals surface area contributed by atoms with Gasteiger partial charge in [-0.15, -0.1) is 11.3 Å². The minimum atomic E-state index is -0.522. The van der Waals surface area contributed by atoms with Gasteiger partial charge in [0.2, 0.25) is 5.78 Å². The van der Waals surface area contributed by atoms with Crippen molar-refractivity contribution in [3.63, 3.8) is 0 Å². The lowest BCUT2D eigenvalue weighted by atomic mass is 9.93. The fraction of sp³-hybridized carbons (Fsp3) is 0.391. The normalized spacial score (nSPS) is 11.1. The first-order chi connectivity index (χ1) is 14.1. The van der Waals surface area contributed by atoms with Crippen LogP contribution in [-0.2, 0) is 16.1 Å². The Labute approximate surface area is 179 Å². The second kappa shape index (κ2) is 8.52. The predicted molar refractivity (Wildman–Crippen MR) is 119 cm³/mol. The van der Waals surface area contributed by atoms with Crippen molar-refractivity contribution in [3.05, 3.63) is 61.0 Å². The van der Waals surface area contributed by atoms with Crippen molar-refractivity contribution in [1.82, 2.24) is 9.55 Å². The van der Waals surface area contributed by atoms with E-state index in [1.165, 1.54) is 22.2 Å². The number of nitrogens with zero attached hydrogens (tertiary/aromatic N) is 2. The van der Waals surface area contributed by atoms with Gasteiger partial charge in [0.15, 0.2) is 6.61 Å². The summed E-state index contributed by atoms with van der Waals surface area (Å²) in [5, 5.41) is 0.601. The lowest BCUT2D eigenvalue weighted by Crippen LogP contribution is -2.23. The van der Waals surface area contributed by atoms with Crippen LogP contribution in [0, 0.1) is 41.5 Å². The first-order valence-corrected chi connectivity index (χ1v) is 10.6. The molecule has 6 nitrogen and oxygen atoms in total. The summed E-state index contributed by atoms with van der Waals surface area (Å²) in [6, 6.07) is 1.85. The summed E-state index contributed by atoms with van der Waals surface area (Å²) in [4.78, 5) is 43.5. The zero-order valence-corrected chi connectivity index (χ0v) is 19.0. The van der Waals surface area contributed by atoms with E-state index in [-0.39, 0.29) is 30.9 Å². The number of hydrogen-bond acceptors (Lipinski definition) is 6. The van der Waals surface area contributed by atoms with Gasteiger partial charge < -0.3 is 4.74 Å². The Bertz CT molecular complexity index is 1220. The van der Waals surface area contributed by atoms with Crippen molar-refractivity contribution in [2.45, 2.75) is 54.5 Å². The van der Waals surface area contributed by atoms with Crippen LogP contribution in [0.1, 0.15) is 49.5 Å². The molecule has 3 rings (SSSR count). The highest BCUT2D eigenvalue weighted by Crippen LogP contribution is 2.25. The minimum Gasteiger partial charge on any atom is -0.457 e. The third-order valence-corrected chi connectivity index (χ3v) is 6.97. The lowest BCUT2D eigenvalue weighted by Gasteiger charge is -2.13. The Morgan fingerprint density at radius 3 is 2.43 bits per heavy atom. The van der Waals surface area contributed by atoms with Gasteiger partial charge in [0, 0.05) is 17.0 Å². The maximum absolute atomic E-state index is 12.7. The zero-order chi connectivity index (χ0) is 22.2. The molecular formula is C23H26N2O4S. The van der Waals surface area contributed by atoms with Gasteiger partial charge in [-0.05, 0) is 75.4 Å². The molecule has 0 spiro atoms. The molecule has 0 saturated carbocycles. The first-order valence-electron chi connectivity index (χ1n) is 9.83. The largest absolute Gasteiger partial charge is 0.457 e. The molecule has 0 radical (unpaired) electrons. The Morgan fingerprint density at radius 2 is 1.73 bits per heavy atom. The van der Waals surface area contributed by atoms with E-state index in [0.29, 0.717) is 15.8 Å². The van der Waals surface area contributed by atoms with Gasteiger partial charge >= 0.3 is 5.97 Å². The molecular weight excluding hydrogens is 400 g/mol. The second-order valence-corrected chi connectivity index (χ2v) is 8.86. The number of hydrogen-bond donors (Lipinski definition) is 0. The maximum atomic E-state index is 12.7. The van der Waals surface area contributed by atoms with Crippen molar-refractivity contribution >= 4 is 33.3 Å². The van der Waals surface area contributed by atoms with Crippen LogP contribution in [-0.4, -0.2) is 27.9 Å². The number of carbonyl (C=O) groups is 2. The number of fused-ring (bicyclic) bond motifs is 1. The molecule has 0 bridgehead atoms. The SMILES string of the molecule is Cc1cc(C(=O)COC(=O)CCn2cnc3sc(C)c(C)c3c2=O)c(C)c(C)c1C. The number of benzene rings is 1. The number of esters is 1. The van der Waals surface area contributed by atoms with Gasteiger partial charge in [-0.3, -0.25) is 19.0 Å². The molecule has 158 valence electrons. The van der Waals surface area contributed by atoms with Crippen molar-refractivity contribution in [2.75, 3.05) is 6.61 Å². The number of carbonyl (C=O) groups excluding carboxylic acids is 2. The number of aromatic nitrogens is 2. The average molecular weight is 427 g/mol. The molecule has 0 unspecified atom stereocenters. The third-order valence-electron chi connectivity index (χ3n) is 5.86. The molecule has 0 atom stereocenters. The third kappa shape index (κ3) is 4.07. The smallest absolute Gasteiger partial charge is 0.308 e. The van der Waals surface area contributed by atoms with Crippen LogP contribution >= 0.6 is 11.3 Å². The summed E-state index contributed by atoms with van der Waals surface area (Å²) >= 11 is 1.49. The molecule has 1 aromatic carbocycles. The van der Waals surface area contributed by atoms with Crippen LogP contribution < -0.4 is 5.56 Å². The molecule has 0 aliphatic carbocycles. The van der Waals surface area contributed by atoms with E-state index in [2.05, 4.69) is 4.98 Å². The fourth-order valence-electron chi connectivity index (χ4n) is 3.44. The molecule has 30 heavy (non-hydrogen) atoms. The highest BCUT2D eigenvalue weighted by atomic mass is 32.1. The minimum absolute atomic E-state index is 0.00647. The Morgan fingerprint density at radius 1 is 1.03 bits per heavy atom. The van der Waals surface area contributed by atoms with Crippen molar-refractivity contribution in [3.8, 4) is 0 Å². The summed E-state index contributed by atoms with van der Waals surface area (Å²) < 4.78 is 6.60. The summed E-state index contributed by atoms with van der Waals surface area (Å²) in [5.41, 5.74) is 5.53. The quantitative estimate of drug-likeness (QED) is 0.438. The Balaban J connectivity index is 1.64. The molecule has 2 heterocycles. The lowest BCUT2D eigenvalue weighted by molar-refractivity contribution is -0.142. The van der Waals surface area contributed by atoms with Gasteiger partial charge in [-0.25, -0.2) is 4.98 Å². The van der Waals surface area contributed by atoms with Gasteiger partial charge in [0.1, 0.15) is 4.83 Å². The molecule has 2 aromatic heterocycles. The van der Waals surface area contributed by atoms with Crippen LogP contribution in [0.25, 0.3) is 10.2 Å². The number of ether oxygens (including phenoxy) is 1. The van der Waals surface area contributed by atoms with E-state index >= 15 is 0 Å². The van der Waals surface area contributed by atoms with Crippen LogP contribution in [0.5, 0.6) is 0 Å². The zero-order valence-electron chi connectivity index (χ0n) is 18.2. The van der Waals surface area contributed by atoms with Crippen molar-refractivity contribution in [2.24, 2.45) is 0 Å². The molecule has 0 fully saturated rings. The molecule has 3 aromatic rings. The molecule has 0 aliphatic heterocycles. The van der Waals surface area contributed by atoms with Crippen LogP contribution in [0.4, 0.5) is 0 Å². The predicted octanol–water partition coefficient (Wildman–Crippen LogP) is 4.12. The maximum Gasteiger partial charge on any atom is 0.308 e. The number of thiophene rings is 1. The van der Waals surface area contributed by atoms with Crippen molar-refractivity contribution < 1.29 is 14.3 Å². The van der Waals surface area contributed by atoms with Gasteiger partial charge in [-0.1, -0.05) is 0 Å². The molecule has 7 heteroatoms. The number of Topliss-reactive ketones (excluding diaryl/α,β-unsaturated/α-hetero) is 1. The van der Waals surface area contributed by atoms with E-state index < -0.39 is 5.97 Å². The van der Waals surface area contributed by atoms with Crippen LogP contribution in [0.2, 0.25) is 0 Å². The number of rotatable bonds is 6. The summed E-state index contributed by atoms with van der Waals surface area (Å²) in [7, 11) is 0. The topological polar surface area (TPSA) is 78.3 Å². The molecule has 0 saturated heterocycles. The highest BCUT2D eigenvalue weighted by molar-refractivity contribution is 7.18. The Hall–Kier alpha value is -2.80. The molecule has 0 amide bonds. The summed E-state index contributed by atoms with van der Waals surface area (Å²) in [5.74, 6) is -0.747. The second-order valence-electron chi connectivity index (χ2n) is 7.66. The number of aryl methyl sites for hydroxylation is 4. The first kappa shape index (κ1) is 21.9. The summed E-state index contributed by atoms with van der Waals surface area (Å²) in [6.07, 6.45) is 1.45. The number of ketones is 1. The fourth-order valence-corrected chi connectivity index (χ4v) is 4.43. The van der Waals surface area contributed by atoms with E-state index in [9.17, 15) is 14.4 Å². The van der Waals surface area contributed by atoms with E-state index in [4.69, 9.17) is 4.74 Å². The summed E-state index contributed by atoms with van der Waals surface area (Å²) in [6.45, 7) is 11.6. The van der Waals surface area contributed by atoms with Gasteiger partial charge in [0.05, 0.1) is 18.1 Å². The highest BCUT2D eigenvalue weighted by Gasteiger charge is 2.17. The monoisotopic (exact) mass is 426 g/mol. The van der Waals surface area contributed by atoms with Crippen LogP contribution in [0.3, 0.4) is 0 Å². The Kier molecular flexibility index (Phi) is 6.22.